The van der Waals surface area contributed by atoms with Gasteiger partial charge in [0.1, 0.15) is 4.90 Å². The van der Waals surface area contributed by atoms with Crippen LogP contribution >= 0.6 is 0 Å². The van der Waals surface area contributed by atoms with Crippen molar-refractivity contribution in [2.45, 2.75) is 18.2 Å². The van der Waals surface area contributed by atoms with Crippen LogP contribution in [0.2, 0.25) is 0 Å². The molecule has 0 spiro atoms. The lowest BCUT2D eigenvalue weighted by Gasteiger charge is -2.12. The summed E-state index contributed by atoms with van der Waals surface area (Å²) >= 11 is 0. The van der Waals surface area contributed by atoms with E-state index in [0.29, 0.717) is 0 Å². The fraction of sp³-hybridized carbons (Fsp3) is 0.417. The van der Waals surface area contributed by atoms with Gasteiger partial charge >= 0.3 is 0 Å². The number of hydrogen-bond donors (Lipinski definition) is 2. The van der Waals surface area contributed by atoms with Crippen LogP contribution in [0.4, 0.5) is 5.69 Å². The standard InChI is InChI=1S/C12H19N3O3S/c1-9-4-5-11(10(13)8-9)19(17,18)14-7-6-12(16)15(2)3/h4-5,8,14H,6-7,13H2,1-3H3. The van der Waals surface area contributed by atoms with E-state index < -0.39 is 10.0 Å². The van der Waals surface area contributed by atoms with Gasteiger partial charge in [0, 0.05) is 27.1 Å². The second-order valence-electron chi connectivity index (χ2n) is 4.48. The molecule has 0 atom stereocenters. The topological polar surface area (TPSA) is 92.5 Å². The normalized spacial score (nSPS) is 11.3. The number of benzene rings is 1. The van der Waals surface area contributed by atoms with Crippen LogP contribution in [0.1, 0.15) is 12.0 Å². The van der Waals surface area contributed by atoms with Crippen LogP contribution in [0.25, 0.3) is 0 Å². The SMILES string of the molecule is Cc1ccc(S(=O)(=O)NCCC(=O)N(C)C)c(N)c1. The third-order valence-corrected chi connectivity index (χ3v) is 4.12. The number of hydrogen-bond acceptors (Lipinski definition) is 4. The van der Waals surface area contributed by atoms with Crippen LogP contribution in [0.5, 0.6) is 0 Å². The van der Waals surface area contributed by atoms with Crippen molar-refractivity contribution in [3.8, 4) is 0 Å². The molecular weight excluding hydrogens is 266 g/mol. The van der Waals surface area contributed by atoms with Gasteiger partial charge in [-0.05, 0) is 24.6 Å². The van der Waals surface area contributed by atoms with Crippen molar-refractivity contribution in [1.82, 2.24) is 9.62 Å². The van der Waals surface area contributed by atoms with Crippen LogP contribution in [0, 0.1) is 6.92 Å². The molecule has 0 radical (unpaired) electrons. The van der Waals surface area contributed by atoms with E-state index in [2.05, 4.69) is 4.72 Å². The van der Waals surface area contributed by atoms with Gasteiger partial charge in [0.05, 0.1) is 5.69 Å². The molecule has 1 rings (SSSR count). The molecule has 0 fully saturated rings. The second kappa shape index (κ2) is 6.03. The van der Waals surface area contributed by atoms with Crippen LogP contribution in [0.3, 0.4) is 0 Å². The van der Waals surface area contributed by atoms with Crippen molar-refractivity contribution in [2.75, 3.05) is 26.4 Å². The van der Waals surface area contributed by atoms with Gasteiger partial charge in [0.2, 0.25) is 15.9 Å². The Kier molecular flexibility index (Phi) is 4.90. The highest BCUT2D eigenvalue weighted by Crippen LogP contribution is 2.19. The van der Waals surface area contributed by atoms with Gasteiger partial charge in [-0.15, -0.1) is 0 Å². The largest absolute Gasteiger partial charge is 0.398 e. The monoisotopic (exact) mass is 285 g/mol. The first-order chi connectivity index (χ1) is 8.74. The van der Waals surface area contributed by atoms with Gasteiger partial charge in [-0.3, -0.25) is 4.79 Å². The molecule has 3 N–H and O–H groups in total. The number of anilines is 1. The number of sulfonamides is 1. The Balaban J connectivity index is 2.74. The van der Waals surface area contributed by atoms with E-state index >= 15 is 0 Å². The molecule has 1 amide bonds. The molecule has 0 unspecified atom stereocenters. The summed E-state index contributed by atoms with van der Waals surface area (Å²) in [7, 11) is -0.435. The molecule has 0 saturated heterocycles. The summed E-state index contributed by atoms with van der Waals surface area (Å²) in [5, 5.41) is 0. The molecule has 0 aliphatic rings. The Morgan fingerprint density at radius 1 is 1.37 bits per heavy atom. The fourth-order valence-corrected chi connectivity index (χ4v) is 2.65. The van der Waals surface area contributed by atoms with E-state index in [0.717, 1.165) is 5.56 Å². The molecule has 0 aliphatic heterocycles. The zero-order chi connectivity index (χ0) is 14.6. The number of nitrogens with zero attached hydrogens (tertiary/aromatic N) is 1. The minimum atomic E-state index is -3.67. The third-order valence-electron chi connectivity index (χ3n) is 2.58. The second-order valence-corrected chi connectivity index (χ2v) is 6.21. The Hall–Kier alpha value is -1.60. The van der Waals surface area contributed by atoms with E-state index in [9.17, 15) is 13.2 Å². The number of carbonyl (C=O) groups excluding carboxylic acids is 1. The molecule has 19 heavy (non-hydrogen) atoms. The predicted molar refractivity (Wildman–Crippen MR) is 74.1 cm³/mol. The third kappa shape index (κ3) is 4.22. The van der Waals surface area contributed by atoms with Crippen molar-refractivity contribution >= 4 is 21.6 Å². The number of nitrogens with one attached hydrogen (secondary N) is 1. The molecule has 106 valence electrons. The lowest BCUT2D eigenvalue weighted by molar-refractivity contribution is -0.128. The van der Waals surface area contributed by atoms with E-state index in [-0.39, 0.29) is 29.5 Å². The Labute approximate surface area is 113 Å². The highest BCUT2D eigenvalue weighted by atomic mass is 32.2. The number of aryl methyl sites for hydroxylation is 1. The van der Waals surface area contributed by atoms with Gasteiger partial charge in [-0.25, -0.2) is 13.1 Å². The van der Waals surface area contributed by atoms with E-state index in [1.54, 1.807) is 26.2 Å². The maximum absolute atomic E-state index is 12.0. The van der Waals surface area contributed by atoms with Crippen molar-refractivity contribution in [2.24, 2.45) is 0 Å². The summed E-state index contributed by atoms with van der Waals surface area (Å²) in [6, 6.07) is 4.73. The van der Waals surface area contributed by atoms with Gasteiger partial charge in [0.25, 0.3) is 0 Å². The van der Waals surface area contributed by atoms with E-state index in [4.69, 9.17) is 5.73 Å². The Morgan fingerprint density at radius 2 is 2.00 bits per heavy atom. The van der Waals surface area contributed by atoms with Crippen molar-refractivity contribution in [3.63, 3.8) is 0 Å². The van der Waals surface area contributed by atoms with Crippen LogP contribution < -0.4 is 10.5 Å². The first-order valence-electron chi connectivity index (χ1n) is 5.80. The zero-order valence-electron chi connectivity index (χ0n) is 11.3. The van der Waals surface area contributed by atoms with Crippen LogP contribution in [-0.2, 0) is 14.8 Å². The van der Waals surface area contributed by atoms with E-state index in [1.165, 1.54) is 11.0 Å². The highest BCUT2D eigenvalue weighted by molar-refractivity contribution is 7.89. The summed E-state index contributed by atoms with van der Waals surface area (Å²) in [5.74, 6) is -0.139. The van der Waals surface area contributed by atoms with E-state index in [1.807, 2.05) is 6.92 Å². The number of nitrogens with two attached hydrogens (primary N) is 1. The van der Waals surface area contributed by atoms with Gasteiger partial charge in [-0.1, -0.05) is 6.07 Å². The van der Waals surface area contributed by atoms with Gasteiger partial charge in [0.15, 0.2) is 0 Å². The summed E-state index contributed by atoms with van der Waals surface area (Å²) < 4.78 is 26.4. The smallest absolute Gasteiger partial charge is 0.242 e. The van der Waals surface area contributed by atoms with Crippen LogP contribution in [-0.4, -0.2) is 39.9 Å². The molecule has 0 saturated carbocycles. The highest BCUT2D eigenvalue weighted by Gasteiger charge is 2.17. The average Bonchev–Trinajstić information content (AvgIpc) is 2.27. The summed E-state index contributed by atoms with van der Waals surface area (Å²) in [6.07, 6.45) is 0.109. The summed E-state index contributed by atoms with van der Waals surface area (Å²) in [5.41, 5.74) is 6.78. The van der Waals surface area contributed by atoms with Crippen molar-refractivity contribution in [3.05, 3.63) is 23.8 Å². The Morgan fingerprint density at radius 3 is 2.53 bits per heavy atom. The first-order valence-corrected chi connectivity index (χ1v) is 7.28. The molecule has 6 nitrogen and oxygen atoms in total. The number of carbonyl (C=O) groups is 1. The first kappa shape index (κ1) is 15.5. The number of nitrogen functional groups attached to an aromatic ring is 1. The molecule has 0 heterocycles. The molecule has 7 heteroatoms. The lowest BCUT2D eigenvalue weighted by Crippen LogP contribution is -2.30. The average molecular weight is 285 g/mol. The van der Waals surface area contributed by atoms with Crippen LogP contribution in [0.15, 0.2) is 23.1 Å². The molecular formula is C12H19N3O3S. The molecule has 1 aromatic carbocycles. The minimum absolute atomic E-state index is 0.0374. The predicted octanol–water partition coefficient (Wildman–Crippen LogP) is 0.334. The lowest BCUT2D eigenvalue weighted by atomic mass is 10.2. The zero-order valence-corrected chi connectivity index (χ0v) is 12.1. The van der Waals surface area contributed by atoms with Gasteiger partial charge in [-0.2, -0.15) is 0 Å². The quantitative estimate of drug-likeness (QED) is 0.763. The molecule has 1 aromatic rings. The molecule has 0 bridgehead atoms. The van der Waals surface area contributed by atoms with Crippen molar-refractivity contribution in [1.29, 1.82) is 0 Å². The maximum Gasteiger partial charge on any atom is 0.242 e. The summed E-state index contributed by atoms with van der Waals surface area (Å²) in [4.78, 5) is 12.8. The minimum Gasteiger partial charge on any atom is -0.398 e. The number of rotatable bonds is 5. The summed E-state index contributed by atoms with van der Waals surface area (Å²) in [6.45, 7) is 1.88. The maximum atomic E-state index is 12.0. The van der Waals surface area contributed by atoms with Crippen molar-refractivity contribution < 1.29 is 13.2 Å². The number of amides is 1. The fourth-order valence-electron chi connectivity index (χ4n) is 1.51. The molecule has 0 aromatic heterocycles. The Bertz CT molecular complexity index is 568. The van der Waals surface area contributed by atoms with Gasteiger partial charge < -0.3 is 10.6 Å². The molecule has 0 aliphatic carbocycles.